The zero-order valence-electron chi connectivity index (χ0n) is 10.6. The molecule has 17 heavy (non-hydrogen) atoms. The van der Waals surface area contributed by atoms with E-state index in [1.807, 2.05) is 0 Å². The summed E-state index contributed by atoms with van der Waals surface area (Å²) < 4.78 is 19.4. The van der Waals surface area contributed by atoms with Crippen LogP contribution in [0, 0.1) is 5.41 Å². The van der Waals surface area contributed by atoms with Crippen LogP contribution >= 0.6 is 0 Å². The second-order valence-electron chi connectivity index (χ2n) is 5.39. The van der Waals surface area contributed by atoms with Crippen LogP contribution in [0.3, 0.4) is 0 Å². The van der Waals surface area contributed by atoms with E-state index < -0.39 is 23.3 Å². The molecule has 0 aromatic rings. The van der Waals surface area contributed by atoms with E-state index in [2.05, 4.69) is 0 Å². The molecule has 0 aliphatic carbocycles. The Morgan fingerprint density at radius 2 is 1.88 bits per heavy atom. The number of rotatable bonds is 2. The van der Waals surface area contributed by atoms with Crippen molar-refractivity contribution in [2.45, 2.75) is 33.3 Å². The molecule has 0 aromatic heterocycles. The standard InChI is InChI=1S/C11H18O6/c1-10(2,3)17-9(13)16-7-11(4)5-14-8(12)15-6-11/h5-7H2,1-4H3. The van der Waals surface area contributed by atoms with E-state index in [4.69, 9.17) is 18.9 Å². The topological polar surface area (TPSA) is 71.1 Å². The molecule has 0 radical (unpaired) electrons. The van der Waals surface area contributed by atoms with Gasteiger partial charge in [-0.3, -0.25) is 0 Å². The van der Waals surface area contributed by atoms with Crippen molar-refractivity contribution in [2.24, 2.45) is 5.41 Å². The van der Waals surface area contributed by atoms with Crippen molar-refractivity contribution in [1.29, 1.82) is 0 Å². The van der Waals surface area contributed by atoms with Crippen molar-refractivity contribution in [3.05, 3.63) is 0 Å². The first kappa shape index (κ1) is 13.6. The molecule has 0 bridgehead atoms. The second-order valence-corrected chi connectivity index (χ2v) is 5.39. The average Bonchev–Trinajstić information content (AvgIpc) is 2.18. The molecule has 98 valence electrons. The minimum absolute atomic E-state index is 0.0786. The molecule has 1 saturated heterocycles. The van der Waals surface area contributed by atoms with Crippen molar-refractivity contribution in [3.8, 4) is 0 Å². The van der Waals surface area contributed by atoms with Crippen molar-refractivity contribution < 1.29 is 28.5 Å². The smallest absolute Gasteiger partial charge is 0.433 e. The second kappa shape index (κ2) is 4.81. The third kappa shape index (κ3) is 4.93. The van der Waals surface area contributed by atoms with Crippen LogP contribution < -0.4 is 0 Å². The maximum absolute atomic E-state index is 11.3. The van der Waals surface area contributed by atoms with Crippen molar-refractivity contribution >= 4 is 12.3 Å². The lowest BCUT2D eigenvalue weighted by Gasteiger charge is -2.31. The Kier molecular flexibility index (Phi) is 3.85. The third-order valence-corrected chi connectivity index (χ3v) is 2.00. The molecule has 0 aromatic carbocycles. The van der Waals surface area contributed by atoms with E-state index in [1.54, 1.807) is 27.7 Å². The van der Waals surface area contributed by atoms with E-state index in [9.17, 15) is 9.59 Å². The van der Waals surface area contributed by atoms with Crippen LogP contribution in [0.15, 0.2) is 0 Å². The molecular weight excluding hydrogens is 228 g/mol. The first-order valence-electron chi connectivity index (χ1n) is 5.36. The number of hydrogen-bond acceptors (Lipinski definition) is 6. The fourth-order valence-electron chi connectivity index (χ4n) is 1.15. The molecular formula is C11H18O6. The van der Waals surface area contributed by atoms with Crippen LogP contribution in [0.5, 0.6) is 0 Å². The monoisotopic (exact) mass is 246 g/mol. The van der Waals surface area contributed by atoms with Gasteiger partial charge < -0.3 is 18.9 Å². The van der Waals surface area contributed by atoms with Gasteiger partial charge in [-0.05, 0) is 27.7 Å². The van der Waals surface area contributed by atoms with Crippen LogP contribution in [-0.2, 0) is 18.9 Å². The number of ether oxygens (including phenoxy) is 4. The van der Waals surface area contributed by atoms with Crippen LogP contribution in [0.1, 0.15) is 27.7 Å². The maximum atomic E-state index is 11.3. The summed E-state index contributed by atoms with van der Waals surface area (Å²) in [5.74, 6) is 0. The molecule has 6 heteroatoms. The minimum atomic E-state index is -0.740. The third-order valence-electron chi connectivity index (χ3n) is 2.00. The highest BCUT2D eigenvalue weighted by atomic mass is 16.7. The Bertz CT molecular complexity index is 294. The lowest BCUT2D eigenvalue weighted by atomic mass is 9.94. The Morgan fingerprint density at radius 3 is 2.35 bits per heavy atom. The van der Waals surface area contributed by atoms with E-state index in [1.165, 1.54) is 0 Å². The number of hydrogen-bond donors (Lipinski definition) is 0. The van der Waals surface area contributed by atoms with Gasteiger partial charge in [0.25, 0.3) is 0 Å². The Labute approximate surface area is 100 Å². The fraction of sp³-hybridized carbons (Fsp3) is 0.818. The molecule has 0 spiro atoms. The van der Waals surface area contributed by atoms with Gasteiger partial charge in [0.1, 0.15) is 25.4 Å². The highest BCUT2D eigenvalue weighted by molar-refractivity contribution is 5.61. The summed E-state index contributed by atoms with van der Waals surface area (Å²) in [5.41, 5.74) is -1.11. The van der Waals surface area contributed by atoms with Gasteiger partial charge in [0, 0.05) is 0 Å². The predicted octanol–water partition coefficient (Wildman–Crippen LogP) is 2.11. The first-order chi connectivity index (χ1) is 7.70. The van der Waals surface area contributed by atoms with Crippen LogP contribution in [0.2, 0.25) is 0 Å². The highest BCUT2D eigenvalue weighted by Gasteiger charge is 2.35. The summed E-state index contributed by atoms with van der Waals surface area (Å²) >= 11 is 0. The summed E-state index contributed by atoms with van der Waals surface area (Å²) in [6.07, 6.45) is -1.43. The Morgan fingerprint density at radius 1 is 1.35 bits per heavy atom. The Balaban J connectivity index is 2.35. The van der Waals surface area contributed by atoms with Gasteiger partial charge >= 0.3 is 12.3 Å². The van der Waals surface area contributed by atoms with Gasteiger partial charge in [-0.2, -0.15) is 0 Å². The number of carbonyl (C=O) groups excluding carboxylic acids is 2. The maximum Gasteiger partial charge on any atom is 0.508 e. The average molecular weight is 246 g/mol. The molecule has 0 saturated carbocycles. The number of cyclic esters (lactones) is 2. The van der Waals surface area contributed by atoms with E-state index in [0.29, 0.717) is 0 Å². The lowest BCUT2D eigenvalue weighted by molar-refractivity contribution is -0.0862. The summed E-state index contributed by atoms with van der Waals surface area (Å²) in [5, 5.41) is 0. The molecule has 6 nitrogen and oxygen atoms in total. The quantitative estimate of drug-likeness (QED) is 0.695. The molecule has 0 atom stereocenters. The molecule has 0 amide bonds. The predicted molar refractivity (Wildman–Crippen MR) is 57.6 cm³/mol. The Hall–Kier alpha value is -1.46. The largest absolute Gasteiger partial charge is 0.508 e. The summed E-state index contributed by atoms with van der Waals surface area (Å²) in [7, 11) is 0. The first-order valence-corrected chi connectivity index (χ1v) is 5.36. The fourth-order valence-corrected chi connectivity index (χ4v) is 1.15. The molecule has 0 unspecified atom stereocenters. The van der Waals surface area contributed by atoms with Crippen molar-refractivity contribution in [2.75, 3.05) is 19.8 Å². The van der Waals surface area contributed by atoms with E-state index in [0.717, 1.165) is 0 Å². The molecule has 1 heterocycles. The van der Waals surface area contributed by atoms with Gasteiger partial charge in [-0.1, -0.05) is 0 Å². The molecule has 1 aliphatic heterocycles. The highest BCUT2D eigenvalue weighted by Crippen LogP contribution is 2.23. The SMILES string of the molecule is CC1(COC(=O)OC(C)(C)C)COC(=O)OC1. The van der Waals surface area contributed by atoms with Crippen molar-refractivity contribution in [3.63, 3.8) is 0 Å². The van der Waals surface area contributed by atoms with E-state index >= 15 is 0 Å². The molecule has 1 fully saturated rings. The lowest BCUT2D eigenvalue weighted by Crippen LogP contribution is -2.41. The summed E-state index contributed by atoms with van der Waals surface area (Å²) in [6, 6.07) is 0. The van der Waals surface area contributed by atoms with Crippen LogP contribution in [-0.4, -0.2) is 37.7 Å². The van der Waals surface area contributed by atoms with Crippen LogP contribution in [0.25, 0.3) is 0 Å². The zero-order chi connectivity index (χ0) is 13.1. The normalized spacial score (nSPS) is 18.9. The number of carbonyl (C=O) groups is 2. The molecule has 1 rings (SSSR count). The zero-order valence-corrected chi connectivity index (χ0v) is 10.6. The molecule has 0 N–H and O–H groups in total. The summed E-state index contributed by atoms with van der Waals surface area (Å²) in [6.45, 7) is 7.45. The van der Waals surface area contributed by atoms with Gasteiger partial charge in [-0.15, -0.1) is 0 Å². The van der Waals surface area contributed by atoms with E-state index in [-0.39, 0.29) is 19.8 Å². The van der Waals surface area contributed by atoms with Gasteiger partial charge in [0.15, 0.2) is 0 Å². The van der Waals surface area contributed by atoms with Gasteiger partial charge in [0.2, 0.25) is 0 Å². The molecule has 1 aliphatic rings. The van der Waals surface area contributed by atoms with Gasteiger partial charge in [-0.25, -0.2) is 9.59 Å². The minimum Gasteiger partial charge on any atom is -0.433 e. The summed E-state index contributed by atoms with van der Waals surface area (Å²) in [4.78, 5) is 22.0. The van der Waals surface area contributed by atoms with Crippen LogP contribution in [0.4, 0.5) is 9.59 Å². The van der Waals surface area contributed by atoms with Gasteiger partial charge in [0.05, 0.1) is 5.41 Å². The van der Waals surface area contributed by atoms with Crippen molar-refractivity contribution in [1.82, 2.24) is 0 Å².